The molecule has 2 saturated heterocycles. The van der Waals surface area contributed by atoms with Crippen LogP contribution in [0.25, 0.3) is 0 Å². The highest BCUT2D eigenvalue weighted by Crippen LogP contribution is 2.65. The fourth-order valence-electron chi connectivity index (χ4n) is 8.90. The third-order valence-electron chi connectivity index (χ3n) is 15.6. The molecule has 0 amide bonds. The van der Waals surface area contributed by atoms with Crippen LogP contribution in [0.15, 0.2) is 12.2 Å². The molecule has 4 aliphatic rings. The molecule has 0 aromatic heterocycles. The van der Waals surface area contributed by atoms with E-state index in [1.54, 1.807) is 0 Å². The van der Waals surface area contributed by atoms with Gasteiger partial charge in [0.1, 0.15) is 12.0 Å². The Morgan fingerprint density at radius 1 is 0.837 bits per heavy atom. The smallest absolute Gasteiger partial charge is 0.316 e. The van der Waals surface area contributed by atoms with Gasteiger partial charge in [-0.15, -0.1) is 0 Å². The van der Waals surface area contributed by atoms with Gasteiger partial charge < -0.3 is 18.0 Å². The van der Waals surface area contributed by atoms with E-state index in [1.807, 2.05) is 11.8 Å². The van der Waals surface area contributed by atoms with Crippen LogP contribution in [0.4, 0.5) is 0 Å². The average Bonchev–Trinajstić information content (AvgIpc) is 3.49. The Kier molecular flexibility index (Phi) is 11.5. The molecule has 4 fully saturated rings. The molecular formula is C40H76O5SSi3. The van der Waals surface area contributed by atoms with Crippen LogP contribution in [0.1, 0.15) is 108 Å². The molecule has 9 heteroatoms. The predicted molar refractivity (Wildman–Crippen MR) is 217 cm³/mol. The Morgan fingerprint density at radius 2 is 1.37 bits per heavy atom. The van der Waals surface area contributed by atoms with Gasteiger partial charge in [0.25, 0.3) is 0 Å². The molecule has 0 N–H and O–H groups in total. The summed E-state index contributed by atoms with van der Waals surface area (Å²) in [7, 11) is -6.14. The van der Waals surface area contributed by atoms with Crippen LogP contribution in [0.3, 0.4) is 0 Å². The second-order valence-electron chi connectivity index (χ2n) is 21.7. The zero-order valence-corrected chi connectivity index (χ0v) is 38.7. The maximum atomic E-state index is 13.9. The summed E-state index contributed by atoms with van der Waals surface area (Å²) in [5.41, 5.74) is 0.761. The van der Waals surface area contributed by atoms with Gasteiger partial charge in [-0.1, -0.05) is 88.3 Å². The van der Waals surface area contributed by atoms with Gasteiger partial charge in [0.15, 0.2) is 25.0 Å². The number of cyclic esters (lactones) is 1. The standard InChI is InChI=1S/C40H76O5SSi3/c1-28-19-20-31-38(11,22-21-32(44-48(15,16)36(5,6)7)39(31,12)26-43-47(13,14)35(2,3)4)30(28)23-29-25-46-27-40(29)33(24-42-34(40)41)45-49(17,18)37(8,9)10/h29-33H,1,19-27H2,2-18H3/t29-,30-,31+,32-,33-,38+,39+,40-/m1/s1. The maximum absolute atomic E-state index is 13.9. The third kappa shape index (κ3) is 7.45. The molecule has 49 heavy (non-hydrogen) atoms. The number of fused-ring (bicyclic) bond motifs is 1. The highest BCUT2D eigenvalue weighted by molar-refractivity contribution is 7.99. The van der Waals surface area contributed by atoms with Gasteiger partial charge in [-0.2, -0.15) is 11.8 Å². The minimum absolute atomic E-state index is 0.0200. The Hall–Kier alpha value is 0.0906. The fourth-order valence-corrected chi connectivity index (χ4v) is 14.5. The molecule has 0 unspecified atom stereocenters. The number of rotatable bonds is 9. The minimum Gasteiger partial charge on any atom is -0.462 e. The minimum atomic E-state index is -2.11. The van der Waals surface area contributed by atoms with Crippen molar-refractivity contribution in [1.82, 2.24) is 0 Å². The number of allylic oxidation sites excluding steroid dienone is 1. The summed E-state index contributed by atoms with van der Waals surface area (Å²) in [5, 5.41) is 0.362. The van der Waals surface area contributed by atoms with Crippen LogP contribution >= 0.6 is 11.8 Å². The van der Waals surface area contributed by atoms with E-state index in [9.17, 15) is 4.79 Å². The van der Waals surface area contributed by atoms with E-state index in [0.29, 0.717) is 18.4 Å². The molecule has 2 aliphatic heterocycles. The van der Waals surface area contributed by atoms with Crippen LogP contribution in [0, 0.1) is 34.0 Å². The summed E-state index contributed by atoms with van der Waals surface area (Å²) < 4.78 is 27.7. The summed E-state index contributed by atoms with van der Waals surface area (Å²) in [6.07, 6.45) is 5.32. The van der Waals surface area contributed by atoms with Crippen molar-refractivity contribution in [3.05, 3.63) is 12.2 Å². The molecule has 2 aliphatic carbocycles. The summed E-state index contributed by atoms with van der Waals surface area (Å²) in [6, 6.07) is 0. The van der Waals surface area contributed by atoms with Crippen LogP contribution < -0.4 is 0 Å². The van der Waals surface area contributed by atoms with Gasteiger partial charge in [-0.3, -0.25) is 4.79 Å². The SMILES string of the molecule is C=C1CC[C@@H]2[C@](C)(CO[Si](C)(C)C(C)(C)C)[C@H](O[Si](C)(C)C(C)(C)C)CC[C@@]2(C)[C@@H]1C[C@@H]1CSC[C@@]12C(=O)OC[C@H]2O[Si](C)(C)C(C)(C)C. The summed E-state index contributed by atoms with van der Waals surface area (Å²) in [5.74, 6) is 2.78. The fraction of sp³-hybridized carbons (Fsp3) is 0.925. The molecular weight excluding hydrogens is 677 g/mol. The first-order valence-electron chi connectivity index (χ1n) is 19.4. The van der Waals surface area contributed by atoms with Crippen molar-refractivity contribution in [2.45, 2.75) is 175 Å². The van der Waals surface area contributed by atoms with E-state index in [4.69, 9.17) is 24.6 Å². The zero-order chi connectivity index (χ0) is 37.4. The number of carbonyl (C=O) groups excluding carboxylic acids is 1. The highest BCUT2D eigenvalue weighted by atomic mass is 32.2. The molecule has 8 atom stereocenters. The average molecular weight is 753 g/mol. The lowest BCUT2D eigenvalue weighted by Crippen LogP contribution is -2.62. The van der Waals surface area contributed by atoms with Crippen molar-refractivity contribution in [1.29, 1.82) is 0 Å². The molecule has 0 aromatic carbocycles. The monoisotopic (exact) mass is 752 g/mol. The Bertz CT molecular complexity index is 1250. The largest absolute Gasteiger partial charge is 0.462 e. The van der Waals surface area contributed by atoms with E-state index >= 15 is 0 Å². The summed E-state index contributed by atoms with van der Waals surface area (Å²) >= 11 is 1.93. The van der Waals surface area contributed by atoms with Crippen molar-refractivity contribution in [2.24, 2.45) is 34.0 Å². The van der Waals surface area contributed by atoms with Gasteiger partial charge >= 0.3 is 5.97 Å². The van der Waals surface area contributed by atoms with E-state index in [2.05, 4.69) is 115 Å². The van der Waals surface area contributed by atoms with Crippen LogP contribution in [-0.2, 0) is 22.8 Å². The lowest BCUT2D eigenvalue weighted by atomic mass is 9.45. The highest BCUT2D eigenvalue weighted by Gasteiger charge is 2.65. The molecule has 0 radical (unpaired) electrons. The van der Waals surface area contributed by atoms with Gasteiger partial charge in [-0.25, -0.2) is 0 Å². The predicted octanol–water partition coefficient (Wildman–Crippen LogP) is 11.5. The Balaban J connectivity index is 1.71. The molecule has 2 saturated carbocycles. The number of ether oxygens (including phenoxy) is 1. The number of hydrogen-bond donors (Lipinski definition) is 0. The van der Waals surface area contributed by atoms with Crippen LogP contribution in [0.2, 0.25) is 54.4 Å². The van der Waals surface area contributed by atoms with Gasteiger partial charge in [0.05, 0.1) is 12.2 Å². The molecule has 5 nitrogen and oxygen atoms in total. The van der Waals surface area contributed by atoms with Gasteiger partial charge in [-0.05, 0) is 115 Å². The molecule has 284 valence electrons. The van der Waals surface area contributed by atoms with Gasteiger partial charge in [0.2, 0.25) is 0 Å². The van der Waals surface area contributed by atoms with E-state index in [1.165, 1.54) is 5.57 Å². The van der Waals surface area contributed by atoms with Crippen molar-refractivity contribution in [2.75, 3.05) is 24.7 Å². The molecule has 2 heterocycles. The number of hydrogen-bond acceptors (Lipinski definition) is 6. The van der Waals surface area contributed by atoms with E-state index in [0.717, 1.165) is 50.2 Å². The lowest BCUT2D eigenvalue weighted by Gasteiger charge is -2.63. The van der Waals surface area contributed by atoms with Crippen molar-refractivity contribution < 1.29 is 22.8 Å². The molecule has 4 rings (SSSR count). The number of thioether (sulfide) groups is 1. The molecule has 1 spiro atoms. The quantitative estimate of drug-likeness (QED) is 0.133. The topological polar surface area (TPSA) is 54.0 Å². The molecule has 0 aromatic rings. The molecule has 0 bridgehead atoms. The van der Waals surface area contributed by atoms with Crippen LogP contribution in [0.5, 0.6) is 0 Å². The Morgan fingerprint density at radius 3 is 1.90 bits per heavy atom. The van der Waals surface area contributed by atoms with E-state index < -0.39 is 30.4 Å². The number of esters is 1. The summed E-state index contributed by atoms with van der Waals surface area (Å²) in [6.45, 7) is 46.3. The first-order valence-corrected chi connectivity index (χ1v) is 29.3. The normalized spacial score (nSPS) is 36.7. The lowest BCUT2D eigenvalue weighted by molar-refractivity contribution is -0.153. The zero-order valence-electron chi connectivity index (χ0n) is 34.9. The number of carbonyl (C=O) groups is 1. The van der Waals surface area contributed by atoms with Crippen LogP contribution in [-0.4, -0.2) is 67.8 Å². The van der Waals surface area contributed by atoms with Crippen molar-refractivity contribution in [3.63, 3.8) is 0 Å². The first kappa shape index (κ1) is 41.8. The van der Waals surface area contributed by atoms with Gasteiger partial charge in [0, 0.05) is 17.8 Å². The second kappa shape index (κ2) is 13.4. The van der Waals surface area contributed by atoms with Crippen molar-refractivity contribution >= 4 is 42.7 Å². The first-order chi connectivity index (χ1) is 22.0. The summed E-state index contributed by atoms with van der Waals surface area (Å²) in [4.78, 5) is 13.9. The second-order valence-corrected chi connectivity index (χ2v) is 37.1. The third-order valence-corrected chi connectivity index (χ3v) is 30.4. The Labute approximate surface area is 310 Å². The van der Waals surface area contributed by atoms with Crippen molar-refractivity contribution in [3.8, 4) is 0 Å². The van der Waals surface area contributed by atoms with E-state index in [-0.39, 0.29) is 50.0 Å². The maximum Gasteiger partial charge on any atom is 0.316 e.